The van der Waals surface area contributed by atoms with E-state index in [0.717, 1.165) is 36.3 Å². The molecule has 4 rings (SSSR count). The molecule has 1 aromatic heterocycles. The third kappa shape index (κ3) is 4.72. The van der Waals surface area contributed by atoms with Crippen molar-refractivity contribution in [3.63, 3.8) is 0 Å². The fraction of sp³-hybridized carbons (Fsp3) is 0.391. The Morgan fingerprint density at radius 3 is 2.52 bits per heavy atom. The number of hydrogen-bond acceptors (Lipinski definition) is 6. The highest BCUT2D eigenvalue weighted by atomic mass is 32.2. The number of Topliss-reactive ketones (excluding diaryl/α,β-unsaturated/α-hetero) is 1. The van der Waals surface area contributed by atoms with Crippen LogP contribution in [0.3, 0.4) is 0 Å². The van der Waals surface area contributed by atoms with Crippen LogP contribution in [0.15, 0.2) is 50.5 Å². The molecule has 0 saturated carbocycles. The van der Waals surface area contributed by atoms with E-state index in [-0.39, 0.29) is 33.9 Å². The Kier molecular flexibility index (Phi) is 6.66. The Labute approximate surface area is 190 Å². The van der Waals surface area contributed by atoms with Crippen molar-refractivity contribution in [2.45, 2.75) is 44.0 Å². The Morgan fingerprint density at radius 2 is 1.82 bits per heavy atom. The van der Waals surface area contributed by atoms with Crippen LogP contribution in [0, 0.1) is 5.82 Å². The molecule has 8 nitrogen and oxygen atoms in total. The third-order valence-corrected chi connectivity index (χ3v) is 7.58. The summed E-state index contributed by atoms with van der Waals surface area (Å²) in [6.07, 6.45) is 3.60. The van der Waals surface area contributed by atoms with Crippen LogP contribution in [0.2, 0.25) is 0 Å². The van der Waals surface area contributed by atoms with Gasteiger partial charge in [-0.25, -0.2) is 17.6 Å². The van der Waals surface area contributed by atoms with Crippen molar-refractivity contribution in [3.8, 4) is 5.75 Å². The quantitative estimate of drug-likeness (QED) is 0.484. The van der Waals surface area contributed by atoms with Crippen LogP contribution in [0.5, 0.6) is 5.75 Å². The molecule has 10 heteroatoms. The summed E-state index contributed by atoms with van der Waals surface area (Å²) in [6, 6.07) is 7.79. The Bertz CT molecular complexity index is 1340. The number of benzene rings is 2. The number of sulfonamides is 1. The summed E-state index contributed by atoms with van der Waals surface area (Å²) in [5, 5.41) is 0. The summed E-state index contributed by atoms with van der Waals surface area (Å²) >= 11 is 0. The number of nitrogens with zero attached hydrogens (tertiary/aromatic N) is 2. The molecule has 3 aromatic rings. The van der Waals surface area contributed by atoms with Crippen molar-refractivity contribution < 1.29 is 26.8 Å². The van der Waals surface area contributed by atoms with Gasteiger partial charge in [0.05, 0.1) is 29.1 Å². The molecule has 2 aromatic carbocycles. The topological polar surface area (TPSA) is 98.8 Å². The lowest BCUT2D eigenvalue weighted by Crippen LogP contribution is -2.31. The Morgan fingerprint density at radius 1 is 1.09 bits per heavy atom. The highest BCUT2D eigenvalue weighted by molar-refractivity contribution is 7.89. The number of ether oxygens (including phenoxy) is 1. The Hall–Kier alpha value is -2.98. The van der Waals surface area contributed by atoms with Crippen LogP contribution < -0.4 is 10.5 Å². The molecule has 0 radical (unpaired) electrons. The van der Waals surface area contributed by atoms with E-state index in [1.165, 1.54) is 34.6 Å². The van der Waals surface area contributed by atoms with Crippen LogP contribution >= 0.6 is 0 Å². The van der Waals surface area contributed by atoms with Crippen LogP contribution in [0.1, 0.15) is 43.0 Å². The zero-order chi connectivity index (χ0) is 23.6. The van der Waals surface area contributed by atoms with E-state index in [1.807, 2.05) is 0 Å². The summed E-state index contributed by atoms with van der Waals surface area (Å²) in [7, 11) is -3.73. The fourth-order valence-corrected chi connectivity index (χ4v) is 5.55. The number of carbonyl (C=O) groups is 1. The lowest BCUT2D eigenvalue weighted by atomic mass is 10.1. The van der Waals surface area contributed by atoms with E-state index >= 15 is 0 Å². The molecule has 0 atom stereocenters. The molecular formula is C23H25FN2O6S. The van der Waals surface area contributed by atoms with Crippen LogP contribution in [-0.2, 0) is 16.6 Å². The first-order valence-corrected chi connectivity index (χ1v) is 12.3. The van der Waals surface area contributed by atoms with Gasteiger partial charge in [-0.2, -0.15) is 4.31 Å². The lowest BCUT2D eigenvalue weighted by molar-refractivity contribution is 0.0966. The molecule has 0 unspecified atom stereocenters. The first-order valence-electron chi connectivity index (χ1n) is 10.9. The second kappa shape index (κ2) is 9.48. The molecule has 1 aliphatic heterocycles. The normalized spacial score (nSPS) is 15.5. The Balaban J connectivity index is 1.66. The van der Waals surface area contributed by atoms with Crippen molar-refractivity contribution in [2.24, 2.45) is 0 Å². The van der Waals surface area contributed by atoms with Crippen LogP contribution in [-0.4, -0.2) is 42.8 Å². The number of oxazole rings is 1. The summed E-state index contributed by atoms with van der Waals surface area (Å²) in [4.78, 5) is 25.4. The number of carbonyl (C=O) groups excluding carboxylic acids is 1. The van der Waals surface area contributed by atoms with E-state index in [2.05, 4.69) is 0 Å². The molecule has 0 aliphatic carbocycles. The maximum atomic E-state index is 13.7. The zero-order valence-electron chi connectivity index (χ0n) is 18.3. The van der Waals surface area contributed by atoms with Gasteiger partial charge in [0.15, 0.2) is 11.4 Å². The highest BCUT2D eigenvalue weighted by Gasteiger charge is 2.26. The average Bonchev–Trinajstić information content (AvgIpc) is 2.96. The number of fused-ring (bicyclic) bond motifs is 1. The highest BCUT2D eigenvalue weighted by Crippen LogP contribution is 2.25. The van der Waals surface area contributed by atoms with Crippen molar-refractivity contribution in [1.29, 1.82) is 0 Å². The maximum Gasteiger partial charge on any atom is 0.420 e. The fourth-order valence-electron chi connectivity index (χ4n) is 4.02. The van der Waals surface area contributed by atoms with Gasteiger partial charge in [-0.3, -0.25) is 9.36 Å². The largest absolute Gasteiger partial charge is 0.493 e. The molecule has 1 fully saturated rings. The molecule has 0 N–H and O–H groups in total. The molecule has 1 saturated heterocycles. The van der Waals surface area contributed by atoms with E-state index in [1.54, 1.807) is 6.92 Å². The van der Waals surface area contributed by atoms with E-state index in [9.17, 15) is 22.4 Å². The predicted molar refractivity (Wildman–Crippen MR) is 120 cm³/mol. The van der Waals surface area contributed by atoms with Crippen LogP contribution in [0.25, 0.3) is 11.1 Å². The molecule has 0 amide bonds. The third-order valence-electron chi connectivity index (χ3n) is 5.69. The number of hydrogen-bond donors (Lipinski definition) is 0. The van der Waals surface area contributed by atoms with Gasteiger partial charge in [0.2, 0.25) is 10.0 Å². The standard InChI is InChI=1S/C23H25FN2O6S/c1-2-31-21-10-7-16(24)13-18(21)20(27)15-26-19-9-8-17(14-22(19)32-23(26)28)33(29,30)25-11-5-3-4-6-12-25/h7-10,13-14H,2-6,11-12,15H2,1H3. The maximum absolute atomic E-state index is 13.7. The number of halogens is 1. The second-order valence-corrected chi connectivity index (χ2v) is 9.84. The smallest absolute Gasteiger partial charge is 0.420 e. The number of rotatable bonds is 7. The molecule has 176 valence electrons. The lowest BCUT2D eigenvalue weighted by Gasteiger charge is -2.19. The molecule has 1 aliphatic rings. The zero-order valence-corrected chi connectivity index (χ0v) is 19.1. The van der Waals surface area contributed by atoms with Crippen molar-refractivity contribution >= 4 is 26.9 Å². The summed E-state index contributed by atoms with van der Waals surface area (Å²) < 4.78 is 53.1. The van der Waals surface area contributed by atoms with Gasteiger partial charge >= 0.3 is 5.76 Å². The van der Waals surface area contributed by atoms with Gasteiger partial charge in [-0.15, -0.1) is 0 Å². The average molecular weight is 477 g/mol. The number of ketones is 1. The molecule has 33 heavy (non-hydrogen) atoms. The minimum Gasteiger partial charge on any atom is -0.493 e. The van der Waals surface area contributed by atoms with Gasteiger partial charge in [0.25, 0.3) is 0 Å². The first-order chi connectivity index (χ1) is 15.8. The predicted octanol–water partition coefficient (Wildman–Crippen LogP) is 3.58. The van der Waals surface area contributed by atoms with Crippen molar-refractivity contribution in [3.05, 3.63) is 58.3 Å². The molecular weight excluding hydrogens is 451 g/mol. The first kappa shape index (κ1) is 23.2. The monoisotopic (exact) mass is 476 g/mol. The van der Waals surface area contributed by atoms with E-state index < -0.39 is 33.9 Å². The van der Waals surface area contributed by atoms with Gasteiger partial charge in [0, 0.05) is 19.2 Å². The van der Waals surface area contributed by atoms with Gasteiger partial charge < -0.3 is 9.15 Å². The van der Waals surface area contributed by atoms with Gasteiger partial charge in [0.1, 0.15) is 11.6 Å². The summed E-state index contributed by atoms with van der Waals surface area (Å²) in [6.45, 7) is 2.52. The molecule has 0 bridgehead atoms. The minimum absolute atomic E-state index is 0.0125. The van der Waals surface area contributed by atoms with E-state index in [0.29, 0.717) is 13.1 Å². The molecule has 0 spiro atoms. The van der Waals surface area contributed by atoms with Gasteiger partial charge in [-0.05, 0) is 50.1 Å². The second-order valence-electron chi connectivity index (χ2n) is 7.90. The van der Waals surface area contributed by atoms with Crippen LogP contribution in [0.4, 0.5) is 4.39 Å². The number of aromatic nitrogens is 1. The summed E-state index contributed by atoms with van der Waals surface area (Å²) in [5.74, 6) is -1.73. The SMILES string of the molecule is CCOc1ccc(F)cc1C(=O)Cn1c(=O)oc2cc(S(=O)(=O)N3CCCCCC3)ccc21. The van der Waals surface area contributed by atoms with Crippen molar-refractivity contribution in [1.82, 2.24) is 8.87 Å². The van der Waals surface area contributed by atoms with Gasteiger partial charge in [-0.1, -0.05) is 12.8 Å². The molecule has 2 heterocycles. The van der Waals surface area contributed by atoms with Crippen molar-refractivity contribution in [2.75, 3.05) is 19.7 Å². The summed E-state index contributed by atoms with van der Waals surface area (Å²) in [5.41, 5.74) is 0.351. The minimum atomic E-state index is -3.73. The van der Waals surface area contributed by atoms with E-state index in [4.69, 9.17) is 9.15 Å².